The number of hydrazine groups is 1. The molecule has 106 valence electrons. The molecule has 0 radical (unpaired) electrons. The maximum Gasteiger partial charge on any atom is 0.276 e. The smallest absolute Gasteiger partial charge is 0.276 e. The standard InChI is InChI=1S/C14H15BrFN3O/c1-8-5-12(11(16)6-10(8)15)18-3-4-19-13(14(18)20)9(2)7-17-19/h5-6,17H,3-4,7H2,1-2H3. The zero-order chi connectivity index (χ0) is 14.4. The molecule has 2 aliphatic heterocycles. The number of nitrogens with zero attached hydrogens (tertiary/aromatic N) is 2. The largest absolute Gasteiger partial charge is 0.302 e. The monoisotopic (exact) mass is 339 g/mol. The van der Waals surface area contributed by atoms with E-state index in [1.165, 1.54) is 11.0 Å². The number of carbonyl (C=O) groups is 1. The molecule has 0 spiro atoms. The Hall–Kier alpha value is -1.40. The number of piperazine rings is 1. The van der Waals surface area contributed by atoms with E-state index < -0.39 is 0 Å². The number of anilines is 1. The van der Waals surface area contributed by atoms with Crippen molar-refractivity contribution >= 4 is 27.5 Å². The summed E-state index contributed by atoms with van der Waals surface area (Å²) >= 11 is 3.30. The number of amides is 1. The number of hydrogen-bond acceptors (Lipinski definition) is 3. The molecular weight excluding hydrogens is 325 g/mol. The van der Waals surface area contributed by atoms with Gasteiger partial charge in [-0.3, -0.25) is 4.79 Å². The van der Waals surface area contributed by atoms with E-state index in [9.17, 15) is 9.18 Å². The molecule has 0 aromatic heterocycles. The van der Waals surface area contributed by atoms with E-state index in [0.29, 0.717) is 35.5 Å². The summed E-state index contributed by atoms with van der Waals surface area (Å²) in [5.41, 5.74) is 6.06. The maximum atomic E-state index is 14.2. The van der Waals surface area contributed by atoms with E-state index in [1.54, 1.807) is 6.07 Å². The van der Waals surface area contributed by atoms with Crippen molar-refractivity contribution in [3.05, 3.63) is 39.3 Å². The third-order valence-electron chi connectivity index (χ3n) is 3.72. The first kappa shape index (κ1) is 13.6. The average molecular weight is 340 g/mol. The van der Waals surface area contributed by atoms with Crippen LogP contribution in [0.5, 0.6) is 0 Å². The number of halogens is 2. The van der Waals surface area contributed by atoms with Gasteiger partial charge in [-0.15, -0.1) is 0 Å². The second-order valence-corrected chi connectivity index (χ2v) is 5.98. The summed E-state index contributed by atoms with van der Waals surface area (Å²) < 4.78 is 14.9. The molecule has 0 aliphatic carbocycles. The lowest BCUT2D eigenvalue weighted by Crippen LogP contribution is -2.51. The molecule has 20 heavy (non-hydrogen) atoms. The van der Waals surface area contributed by atoms with Gasteiger partial charge >= 0.3 is 0 Å². The molecule has 1 fully saturated rings. The van der Waals surface area contributed by atoms with Gasteiger partial charge in [0.25, 0.3) is 5.91 Å². The third kappa shape index (κ3) is 2.03. The Bertz CT molecular complexity index is 629. The van der Waals surface area contributed by atoms with Crippen molar-refractivity contribution in [2.45, 2.75) is 13.8 Å². The summed E-state index contributed by atoms with van der Waals surface area (Å²) in [4.78, 5) is 14.1. The Morgan fingerprint density at radius 2 is 2.05 bits per heavy atom. The number of benzene rings is 1. The molecule has 4 nitrogen and oxygen atoms in total. The molecule has 6 heteroatoms. The van der Waals surface area contributed by atoms with Crippen LogP contribution >= 0.6 is 15.9 Å². The van der Waals surface area contributed by atoms with Gasteiger partial charge in [0.1, 0.15) is 11.5 Å². The van der Waals surface area contributed by atoms with Gasteiger partial charge in [-0.25, -0.2) is 9.82 Å². The highest BCUT2D eigenvalue weighted by molar-refractivity contribution is 9.10. The van der Waals surface area contributed by atoms with Crippen LogP contribution in [0.15, 0.2) is 27.9 Å². The zero-order valence-corrected chi connectivity index (χ0v) is 12.9. The summed E-state index contributed by atoms with van der Waals surface area (Å²) in [5, 5.41) is 1.86. The molecule has 0 atom stereocenters. The molecule has 0 saturated carbocycles. The van der Waals surface area contributed by atoms with E-state index in [2.05, 4.69) is 21.4 Å². The molecule has 2 aliphatic rings. The van der Waals surface area contributed by atoms with Gasteiger partial charge in [-0.05, 0) is 37.1 Å². The van der Waals surface area contributed by atoms with E-state index in [1.807, 2.05) is 18.9 Å². The Balaban J connectivity index is 2.01. The second kappa shape index (κ2) is 4.86. The van der Waals surface area contributed by atoms with Gasteiger partial charge in [0.2, 0.25) is 0 Å². The van der Waals surface area contributed by atoms with Gasteiger partial charge in [0.05, 0.1) is 12.2 Å². The van der Waals surface area contributed by atoms with Gasteiger partial charge in [0.15, 0.2) is 0 Å². The lowest BCUT2D eigenvalue weighted by molar-refractivity contribution is -0.118. The molecule has 1 amide bonds. The molecule has 1 saturated heterocycles. The molecule has 2 heterocycles. The minimum Gasteiger partial charge on any atom is -0.302 e. The van der Waals surface area contributed by atoms with Crippen LogP contribution in [0.3, 0.4) is 0 Å². The lowest BCUT2D eigenvalue weighted by Gasteiger charge is -2.35. The van der Waals surface area contributed by atoms with Crippen molar-refractivity contribution < 1.29 is 9.18 Å². The van der Waals surface area contributed by atoms with Crippen LogP contribution in [0, 0.1) is 12.7 Å². The van der Waals surface area contributed by atoms with Gasteiger partial charge in [-0.1, -0.05) is 15.9 Å². The summed E-state index contributed by atoms with van der Waals surface area (Å²) in [6.07, 6.45) is 0. The van der Waals surface area contributed by atoms with E-state index in [-0.39, 0.29) is 11.7 Å². The number of nitrogens with one attached hydrogen (secondary N) is 1. The van der Waals surface area contributed by atoms with Crippen molar-refractivity contribution in [1.29, 1.82) is 0 Å². The Kier molecular flexibility index (Phi) is 3.30. The molecule has 0 bridgehead atoms. The van der Waals surface area contributed by atoms with Crippen LogP contribution in [0.1, 0.15) is 12.5 Å². The van der Waals surface area contributed by atoms with Crippen molar-refractivity contribution in [3.8, 4) is 0 Å². The number of hydrogen-bond donors (Lipinski definition) is 1. The predicted molar refractivity (Wildman–Crippen MR) is 78.6 cm³/mol. The van der Waals surface area contributed by atoms with Crippen molar-refractivity contribution in [2.24, 2.45) is 0 Å². The van der Waals surface area contributed by atoms with Gasteiger partial charge < -0.3 is 9.91 Å². The summed E-state index contributed by atoms with van der Waals surface area (Å²) in [6, 6.07) is 3.13. The average Bonchev–Trinajstić information content (AvgIpc) is 2.77. The number of fused-ring (bicyclic) bond motifs is 1. The topological polar surface area (TPSA) is 35.6 Å². The van der Waals surface area contributed by atoms with Crippen LogP contribution in [-0.4, -0.2) is 30.6 Å². The summed E-state index contributed by atoms with van der Waals surface area (Å²) in [5.74, 6) is -0.521. The minimum atomic E-state index is -0.381. The van der Waals surface area contributed by atoms with Crippen LogP contribution in [0.4, 0.5) is 10.1 Å². The van der Waals surface area contributed by atoms with Gasteiger partial charge in [-0.2, -0.15) is 0 Å². The highest BCUT2D eigenvalue weighted by atomic mass is 79.9. The molecule has 0 unspecified atom stereocenters. The Labute approximate surface area is 125 Å². The fourth-order valence-corrected chi connectivity index (χ4v) is 2.92. The van der Waals surface area contributed by atoms with E-state index in [0.717, 1.165) is 11.1 Å². The summed E-state index contributed by atoms with van der Waals surface area (Å²) in [6.45, 7) is 5.62. The van der Waals surface area contributed by atoms with Gasteiger partial charge in [0, 0.05) is 17.6 Å². The van der Waals surface area contributed by atoms with E-state index in [4.69, 9.17) is 0 Å². The highest BCUT2D eigenvalue weighted by Crippen LogP contribution is 2.31. The fourth-order valence-electron chi connectivity index (χ4n) is 2.60. The van der Waals surface area contributed by atoms with Crippen LogP contribution in [-0.2, 0) is 4.79 Å². The molecule has 3 rings (SSSR count). The maximum absolute atomic E-state index is 14.2. The van der Waals surface area contributed by atoms with Crippen molar-refractivity contribution in [3.63, 3.8) is 0 Å². The first-order valence-electron chi connectivity index (χ1n) is 6.47. The number of rotatable bonds is 1. The highest BCUT2D eigenvalue weighted by Gasteiger charge is 2.35. The number of aryl methyl sites for hydroxylation is 1. The van der Waals surface area contributed by atoms with Crippen LogP contribution < -0.4 is 10.3 Å². The first-order valence-corrected chi connectivity index (χ1v) is 7.26. The fraction of sp³-hybridized carbons (Fsp3) is 0.357. The minimum absolute atomic E-state index is 0.139. The summed E-state index contributed by atoms with van der Waals surface area (Å²) in [7, 11) is 0. The Morgan fingerprint density at radius 1 is 1.30 bits per heavy atom. The first-order chi connectivity index (χ1) is 9.49. The second-order valence-electron chi connectivity index (χ2n) is 5.13. The predicted octanol–water partition coefficient (Wildman–Crippen LogP) is 2.34. The molecule has 1 aromatic carbocycles. The SMILES string of the molecule is CC1=C2C(=O)N(c3cc(C)c(Br)cc3F)CCN2NC1. The lowest BCUT2D eigenvalue weighted by atomic mass is 10.1. The van der Waals surface area contributed by atoms with Crippen molar-refractivity contribution in [1.82, 2.24) is 10.4 Å². The van der Waals surface area contributed by atoms with E-state index >= 15 is 0 Å². The van der Waals surface area contributed by atoms with Crippen LogP contribution in [0.2, 0.25) is 0 Å². The molecule has 1 N–H and O–H groups in total. The van der Waals surface area contributed by atoms with Crippen molar-refractivity contribution in [2.75, 3.05) is 24.5 Å². The number of carbonyl (C=O) groups excluding carboxylic acids is 1. The Morgan fingerprint density at radius 3 is 2.80 bits per heavy atom. The third-order valence-corrected chi connectivity index (χ3v) is 4.58. The van der Waals surface area contributed by atoms with Crippen LogP contribution in [0.25, 0.3) is 0 Å². The zero-order valence-electron chi connectivity index (χ0n) is 11.3. The normalized spacial score (nSPS) is 18.9. The quantitative estimate of drug-likeness (QED) is 0.852. The molecular formula is C14H15BrFN3O. The molecule has 1 aromatic rings.